The summed E-state index contributed by atoms with van der Waals surface area (Å²) in [6, 6.07) is 8.34. The topological polar surface area (TPSA) is 64.2 Å². The number of hydrogen-bond acceptors (Lipinski definition) is 3. The van der Waals surface area contributed by atoms with E-state index in [9.17, 15) is 4.79 Å². The summed E-state index contributed by atoms with van der Waals surface area (Å²) in [5.74, 6) is 0.0705. The molecule has 1 amide bonds. The molecular formula is C20H26N4O. The van der Waals surface area contributed by atoms with Crippen LogP contribution in [0.2, 0.25) is 0 Å². The van der Waals surface area contributed by atoms with Gasteiger partial charge >= 0.3 is 0 Å². The van der Waals surface area contributed by atoms with Gasteiger partial charge in [-0.3, -0.25) is 4.79 Å². The maximum atomic E-state index is 13.1. The van der Waals surface area contributed by atoms with Gasteiger partial charge in [0.15, 0.2) is 5.69 Å². The molecule has 25 heavy (non-hydrogen) atoms. The van der Waals surface area contributed by atoms with E-state index in [1.165, 1.54) is 11.3 Å². The van der Waals surface area contributed by atoms with E-state index in [2.05, 4.69) is 38.1 Å². The van der Waals surface area contributed by atoms with Crippen LogP contribution < -0.4 is 5.73 Å². The fraction of sp³-hybridized carbons (Fsp3) is 0.500. The molecule has 2 heterocycles. The molecule has 0 saturated carbocycles. The van der Waals surface area contributed by atoms with Crippen molar-refractivity contribution in [3.63, 3.8) is 0 Å². The Morgan fingerprint density at radius 2 is 2.04 bits per heavy atom. The monoisotopic (exact) mass is 338 g/mol. The van der Waals surface area contributed by atoms with Crippen molar-refractivity contribution in [1.29, 1.82) is 0 Å². The Labute approximate surface area is 148 Å². The molecule has 1 saturated heterocycles. The standard InChI is InChI=1S/C20H26N4O/c1-14-6-8-15(9-7-14)24-17-5-3-4-16(17)18(22-24)19(25)23-11-10-20(2,12-21)13-23/h6-9H,3-5,10-13,21H2,1-2H3. The second-order valence-corrected chi connectivity index (χ2v) is 7.87. The highest BCUT2D eigenvalue weighted by Crippen LogP contribution is 2.32. The van der Waals surface area contributed by atoms with E-state index in [1.54, 1.807) is 0 Å². The number of carbonyl (C=O) groups is 1. The molecule has 0 spiro atoms. The molecule has 1 fully saturated rings. The Bertz CT molecular complexity index is 808. The number of hydrogen-bond donors (Lipinski definition) is 1. The molecule has 0 bridgehead atoms. The van der Waals surface area contributed by atoms with Gasteiger partial charge in [-0.2, -0.15) is 5.10 Å². The third kappa shape index (κ3) is 2.76. The number of rotatable bonds is 3. The number of fused-ring (bicyclic) bond motifs is 1. The normalized spacial score (nSPS) is 22.4. The molecule has 1 atom stereocenters. The minimum Gasteiger partial charge on any atom is -0.337 e. The van der Waals surface area contributed by atoms with Gasteiger partial charge in [0.1, 0.15) is 0 Å². The van der Waals surface area contributed by atoms with Crippen LogP contribution >= 0.6 is 0 Å². The van der Waals surface area contributed by atoms with Gasteiger partial charge in [-0.15, -0.1) is 0 Å². The number of aryl methyl sites for hydroxylation is 1. The van der Waals surface area contributed by atoms with Crippen LogP contribution in [-0.4, -0.2) is 40.2 Å². The first-order chi connectivity index (χ1) is 12.0. The van der Waals surface area contributed by atoms with Crippen molar-refractivity contribution < 1.29 is 4.79 Å². The summed E-state index contributed by atoms with van der Waals surface area (Å²) in [4.78, 5) is 15.1. The summed E-state index contributed by atoms with van der Waals surface area (Å²) in [7, 11) is 0. The second kappa shape index (κ2) is 5.99. The number of carbonyl (C=O) groups excluding carboxylic acids is 1. The predicted octanol–water partition coefficient (Wildman–Crippen LogP) is 2.48. The summed E-state index contributed by atoms with van der Waals surface area (Å²) < 4.78 is 1.98. The Morgan fingerprint density at radius 1 is 1.28 bits per heavy atom. The summed E-state index contributed by atoms with van der Waals surface area (Å²) in [6.07, 6.45) is 4.00. The van der Waals surface area contributed by atoms with Gasteiger partial charge in [0.05, 0.1) is 5.69 Å². The molecule has 4 rings (SSSR count). The van der Waals surface area contributed by atoms with E-state index >= 15 is 0 Å². The van der Waals surface area contributed by atoms with Crippen molar-refractivity contribution in [2.75, 3.05) is 19.6 Å². The number of benzene rings is 1. The Kier molecular flexibility index (Phi) is 3.91. The first kappa shape index (κ1) is 16.3. The highest BCUT2D eigenvalue weighted by atomic mass is 16.2. The van der Waals surface area contributed by atoms with Gasteiger partial charge in [-0.25, -0.2) is 4.68 Å². The van der Waals surface area contributed by atoms with Crippen LogP contribution in [-0.2, 0) is 12.8 Å². The number of nitrogens with zero attached hydrogens (tertiary/aromatic N) is 3. The Morgan fingerprint density at radius 3 is 2.72 bits per heavy atom. The summed E-state index contributed by atoms with van der Waals surface area (Å²) in [6.45, 7) is 6.36. The third-order valence-corrected chi connectivity index (χ3v) is 5.75. The smallest absolute Gasteiger partial charge is 0.274 e. The van der Waals surface area contributed by atoms with Gasteiger partial charge in [0, 0.05) is 24.3 Å². The van der Waals surface area contributed by atoms with Gasteiger partial charge in [-0.1, -0.05) is 24.6 Å². The minimum atomic E-state index is 0.0400. The molecular weight excluding hydrogens is 312 g/mol. The van der Waals surface area contributed by atoms with Crippen LogP contribution in [0.1, 0.15) is 47.1 Å². The zero-order chi connectivity index (χ0) is 17.6. The largest absolute Gasteiger partial charge is 0.337 e. The molecule has 5 nitrogen and oxygen atoms in total. The Hall–Kier alpha value is -2.14. The van der Waals surface area contributed by atoms with Gasteiger partial charge in [-0.05, 0) is 56.7 Å². The van der Waals surface area contributed by atoms with E-state index in [-0.39, 0.29) is 11.3 Å². The first-order valence-electron chi connectivity index (χ1n) is 9.18. The fourth-order valence-electron chi connectivity index (χ4n) is 4.02. The molecule has 1 aromatic carbocycles. The highest BCUT2D eigenvalue weighted by molar-refractivity contribution is 5.94. The number of likely N-dealkylation sites (tertiary alicyclic amines) is 1. The van der Waals surface area contributed by atoms with E-state index in [1.807, 2.05) is 9.58 Å². The number of amides is 1. The second-order valence-electron chi connectivity index (χ2n) is 7.87. The molecule has 0 radical (unpaired) electrons. The van der Waals surface area contributed by atoms with Crippen molar-refractivity contribution in [3.8, 4) is 5.69 Å². The molecule has 5 heteroatoms. The lowest BCUT2D eigenvalue weighted by atomic mass is 9.90. The maximum absolute atomic E-state index is 13.1. The van der Waals surface area contributed by atoms with Gasteiger partial charge < -0.3 is 10.6 Å². The van der Waals surface area contributed by atoms with Crippen molar-refractivity contribution in [2.45, 2.75) is 39.5 Å². The van der Waals surface area contributed by atoms with Crippen LogP contribution in [0.3, 0.4) is 0 Å². The molecule has 1 aromatic heterocycles. The molecule has 2 N–H and O–H groups in total. The van der Waals surface area contributed by atoms with E-state index in [4.69, 9.17) is 10.8 Å². The maximum Gasteiger partial charge on any atom is 0.274 e. The van der Waals surface area contributed by atoms with Crippen LogP contribution in [0.25, 0.3) is 5.69 Å². The molecule has 2 aliphatic rings. The van der Waals surface area contributed by atoms with Crippen LogP contribution in [0.15, 0.2) is 24.3 Å². The van der Waals surface area contributed by atoms with E-state index in [0.717, 1.165) is 50.0 Å². The fourth-order valence-corrected chi connectivity index (χ4v) is 4.02. The zero-order valence-electron chi connectivity index (χ0n) is 15.1. The van der Waals surface area contributed by atoms with Crippen LogP contribution in [0, 0.1) is 12.3 Å². The van der Waals surface area contributed by atoms with E-state index < -0.39 is 0 Å². The zero-order valence-corrected chi connectivity index (χ0v) is 15.1. The van der Waals surface area contributed by atoms with Gasteiger partial charge in [0.25, 0.3) is 5.91 Å². The lowest BCUT2D eigenvalue weighted by Gasteiger charge is -2.22. The number of nitrogens with two attached hydrogens (primary N) is 1. The average Bonchev–Trinajstić information content (AvgIpc) is 3.30. The summed E-state index contributed by atoms with van der Waals surface area (Å²) in [5.41, 5.74) is 11.2. The van der Waals surface area contributed by atoms with Crippen molar-refractivity contribution >= 4 is 5.91 Å². The van der Waals surface area contributed by atoms with Crippen LogP contribution in [0.5, 0.6) is 0 Å². The lowest BCUT2D eigenvalue weighted by Crippen LogP contribution is -2.35. The average molecular weight is 338 g/mol. The van der Waals surface area contributed by atoms with Gasteiger partial charge in [0.2, 0.25) is 0 Å². The van der Waals surface area contributed by atoms with Crippen LogP contribution in [0.4, 0.5) is 0 Å². The Balaban J connectivity index is 1.68. The van der Waals surface area contributed by atoms with E-state index in [0.29, 0.717) is 12.2 Å². The third-order valence-electron chi connectivity index (χ3n) is 5.75. The summed E-state index contributed by atoms with van der Waals surface area (Å²) >= 11 is 0. The van der Waals surface area contributed by atoms with Crippen molar-refractivity contribution in [3.05, 3.63) is 46.8 Å². The van der Waals surface area contributed by atoms with Crippen molar-refractivity contribution in [1.82, 2.24) is 14.7 Å². The summed E-state index contributed by atoms with van der Waals surface area (Å²) in [5, 5.41) is 4.74. The minimum absolute atomic E-state index is 0.0400. The highest BCUT2D eigenvalue weighted by Gasteiger charge is 2.37. The quantitative estimate of drug-likeness (QED) is 0.935. The lowest BCUT2D eigenvalue weighted by molar-refractivity contribution is 0.0769. The van der Waals surface area contributed by atoms with Crippen molar-refractivity contribution in [2.24, 2.45) is 11.1 Å². The molecule has 2 aromatic rings. The number of aromatic nitrogens is 2. The molecule has 1 unspecified atom stereocenters. The molecule has 132 valence electrons. The SMILES string of the molecule is Cc1ccc(-n2nc(C(=O)N3CCC(C)(CN)C3)c3c2CCC3)cc1. The molecule has 1 aliphatic carbocycles. The first-order valence-corrected chi connectivity index (χ1v) is 9.18. The predicted molar refractivity (Wildman–Crippen MR) is 98.0 cm³/mol. The molecule has 1 aliphatic heterocycles.